The van der Waals surface area contributed by atoms with Crippen LogP contribution in [0.1, 0.15) is 31.7 Å². The average molecular weight is 432 g/mol. The van der Waals surface area contributed by atoms with Crippen molar-refractivity contribution in [3.05, 3.63) is 35.2 Å². The van der Waals surface area contributed by atoms with Crippen molar-refractivity contribution < 1.29 is 4.79 Å². The molecule has 0 saturated heterocycles. The number of carbonyl (C=O) groups excluding carboxylic acids is 1. The van der Waals surface area contributed by atoms with Gasteiger partial charge in [0.1, 0.15) is 0 Å². The third-order valence-electron chi connectivity index (χ3n) is 4.18. The zero-order valence-corrected chi connectivity index (χ0v) is 17.9. The largest absolute Gasteiger partial charge is 0.357 e. The Bertz CT molecular complexity index is 933. The number of thiazole rings is 1. The van der Waals surface area contributed by atoms with Gasteiger partial charge < -0.3 is 10.6 Å². The SMILES string of the molecule is CCCc1ccc(-c2csc(NC(=O)CSc3nnc(NC4CC4)s3)n2)cc1. The van der Waals surface area contributed by atoms with E-state index < -0.39 is 0 Å². The minimum Gasteiger partial charge on any atom is -0.357 e. The van der Waals surface area contributed by atoms with E-state index in [1.54, 1.807) is 0 Å². The van der Waals surface area contributed by atoms with Crippen LogP contribution in [0.4, 0.5) is 10.3 Å². The smallest absolute Gasteiger partial charge is 0.236 e. The van der Waals surface area contributed by atoms with Crippen LogP contribution in [0.5, 0.6) is 0 Å². The number of hydrogen-bond acceptors (Lipinski definition) is 8. The number of amides is 1. The van der Waals surface area contributed by atoms with Crippen LogP contribution >= 0.6 is 34.4 Å². The van der Waals surface area contributed by atoms with Crippen LogP contribution in [-0.4, -0.2) is 32.9 Å². The Morgan fingerprint density at radius 3 is 2.79 bits per heavy atom. The third-order valence-corrected chi connectivity index (χ3v) is 6.92. The molecule has 1 saturated carbocycles. The molecule has 0 bridgehead atoms. The second kappa shape index (κ2) is 9.02. The van der Waals surface area contributed by atoms with Crippen LogP contribution in [0.25, 0.3) is 11.3 Å². The summed E-state index contributed by atoms with van der Waals surface area (Å²) in [6, 6.07) is 9.01. The molecule has 1 amide bonds. The lowest BCUT2D eigenvalue weighted by Gasteiger charge is -2.01. The maximum absolute atomic E-state index is 12.2. The number of aryl methyl sites for hydroxylation is 1. The van der Waals surface area contributed by atoms with Crippen molar-refractivity contribution in [1.82, 2.24) is 15.2 Å². The first-order valence-electron chi connectivity index (χ1n) is 9.27. The summed E-state index contributed by atoms with van der Waals surface area (Å²) in [6.07, 6.45) is 4.62. The normalized spacial score (nSPS) is 13.5. The highest BCUT2D eigenvalue weighted by molar-refractivity contribution is 8.01. The first-order chi connectivity index (χ1) is 13.7. The Hall–Kier alpha value is -1.97. The van der Waals surface area contributed by atoms with Crippen molar-refractivity contribution in [1.29, 1.82) is 0 Å². The second-order valence-corrected chi connectivity index (χ2v) is 9.67. The molecule has 0 aliphatic heterocycles. The molecule has 4 rings (SSSR count). The molecule has 0 unspecified atom stereocenters. The summed E-state index contributed by atoms with van der Waals surface area (Å²) < 4.78 is 0.797. The number of anilines is 2. The molecule has 0 radical (unpaired) electrons. The molecule has 1 aliphatic rings. The lowest BCUT2D eigenvalue weighted by molar-refractivity contribution is -0.113. The van der Waals surface area contributed by atoms with Gasteiger partial charge in [-0.15, -0.1) is 21.5 Å². The molecule has 3 aromatic rings. The van der Waals surface area contributed by atoms with Gasteiger partial charge in [0.05, 0.1) is 11.4 Å². The summed E-state index contributed by atoms with van der Waals surface area (Å²) in [5.41, 5.74) is 3.28. The number of hydrogen-bond donors (Lipinski definition) is 2. The minimum absolute atomic E-state index is 0.0869. The first-order valence-corrected chi connectivity index (χ1v) is 12.0. The third kappa shape index (κ3) is 5.30. The fourth-order valence-corrected chi connectivity index (χ4v) is 4.97. The summed E-state index contributed by atoms with van der Waals surface area (Å²) >= 11 is 4.33. The maximum Gasteiger partial charge on any atom is 0.236 e. The molecule has 6 nitrogen and oxygen atoms in total. The van der Waals surface area contributed by atoms with Gasteiger partial charge in [-0.05, 0) is 24.8 Å². The zero-order valence-electron chi connectivity index (χ0n) is 15.5. The van der Waals surface area contributed by atoms with Crippen molar-refractivity contribution in [3.8, 4) is 11.3 Å². The van der Waals surface area contributed by atoms with E-state index in [9.17, 15) is 4.79 Å². The van der Waals surface area contributed by atoms with E-state index in [0.29, 0.717) is 16.9 Å². The lowest BCUT2D eigenvalue weighted by Crippen LogP contribution is -2.13. The summed E-state index contributed by atoms with van der Waals surface area (Å²) in [6.45, 7) is 2.18. The summed E-state index contributed by atoms with van der Waals surface area (Å²) in [4.78, 5) is 16.8. The van der Waals surface area contributed by atoms with Crippen molar-refractivity contribution in [2.45, 2.75) is 43.0 Å². The van der Waals surface area contributed by atoms with E-state index in [1.165, 1.54) is 52.8 Å². The van der Waals surface area contributed by atoms with E-state index in [0.717, 1.165) is 33.6 Å². The number of nitrogens with one attached hydrogen (secondary N) is 2. The van der Waals surface area contributed by atoms with Gasteiger partial charge in [0.15, 0.2) is 9.47 Å². The molecule has 1 aliphatic carbocycles. The Morgan fingerprint density at radius 2 is 2.04 bits per heavy atom. The van der Waals surface area contributed by atoms with Crippen LogP contribution in [-0.2, 0) is 11.2 Å². The summed E-state index contributed by atoms with van der Waals surface area (Å²) in [7, 11) is 0. The van der Waals surface area contributed by atoms with Gasteiger partial charge in [-0.1, -0.05) is 60.7 Å². The Kier molecular flexibility index (Phi) is 6.23. The minimum atomic E-state index is -0.0869. The fraction of sp³-hybridized carbons (Fsp3) is 0.368. The van der Waals surface area contributed by atoms with Crippen molar-refractivity contribution in [2.24, 2.45) is 0 Å². The number of thioether (sulfide) groups is 1. The Labute approximate surface area is 176 Å². The Morgan fingerprint density at radius 1 is 1.21 bits per heavy atom. The Balaban J connectivity index is 1.28. The van der Waals surface area contributed by atoms with Crippen LogP contribution in [0.3, 0.4) is 0 Å². The van der Waals surface area contributed by atoms with Crippen LogP contribution in [0.2, 0.25) is 0 Å². The van der Waals surface area contributed by atoms with Gasteiger partial charge >= 0.3 is 0 Å². The highest BCUT2D eigenvalue weighted by atomic mass is 32.2. The topological polar surface area (TPSA) is 79.8 Å². The molecule has 146 valence electrons. The van der Waals surface area contributed by atoms with Gasteiger partial charge in [0.25, 0.3) is 0 Å². The van der Waals surface area contributed by atoms with Gasteiger partial charge in [-0.2, -0.15) is 0 Å². The van der Waals surface area contributed by atoms with Gasteiger partial charge in [0, 0.05) is 17.0 Å². The highest BCUT2D eigenvalue weighted by Crippen LogP contribution is 2.30. The molecule has 2 N–H and O–H groups in total. The van der Waals surface area contributed by atoms with E-state index in [1.807, 2.05) is 5.38 Å². The average Bonchev–Trinajstić information content (AvgIpc) is 3.20. The molecular formula is C19H21N5OS3. The number of benzene rings is 1. The molecule has 2 heterocycles. The van der Waals surface area contributed by atoms with E-state index in [-0.39, 0.29) is 5.91 Å². The number of rotatable bonds is 9. The van der Waals surface area contributed by atoms with Gasteiger partial charge in [-0.3, -0.25) is 4.79 Å². The van der Waals surface area contributed by atoms with Crippen LogP contribution in [0.15, 0.2) is 34.0 Å². The van der Waals surface area contributed by atoms with E-state index in [4.69, 9.17) is 0 Å². The summed E-state index contributed by atoms with van der Waals surface area (Å²) in [5.74, 6) is 0.203. The van der Waals surface area contributed by atoms with Gasteiger partial charge in [0.2, 0.25) is 11.0 Å². The molecule has 28 heavy (non-hydrogen) atoms. The van der Waals surface area contributed by atoms with E-state index >= 15 is 0 Å². The standard InChI is InChI=1S/C19H21N5OS3/c1-2-3-12-4-6-13(7-5-12)15-10-26-17(21-15)22-16(25)11-27-19-24-23-18(28-19)20-14-8-9-14/h4-7,10,14H,2-3,8-9,11H2,1H3,(H,20,23)(H,21,22,25). The highest BCUT2D eigenvalue weighted by Gasteiger charge is 2.22. The number of nitrogens with zero attached hydrogens (tertiary/aromatic N) is 3. The number of aromatic nitrogens is 3. The molecule has 2 aromatic heterocycles. The fourth-order valence-electron chi connectivity index (χ4n) is 2.61. The quantitative estimate of drug-likeness (QED) is 0.468. The second-order valence-electron chi connectivity index (χ2n) is 6.61. The number of carbonyl (C=O) groups is 1. The molecular weight excluding hydrogens is 410 g/mol. The molecule has 1 fully saturated rings. The maximum atomic E-state index is 12.2. The van der Waals surface area contributed by atoms with Crippen molar-refractivity contribution >= 4 is 50.6 Å². The monoisotopic (exact) mass is 431 g/mol. The van der Waals surface area contributed by atoms with Crippen molar-refractivity contribution in [3.63, 3.8) is 0 Å². The zero-order chi connectivity index (χ0) is 19.3. The van der Waals surface area contributed by atoms with E-state index in [2.05, 4.69) is 57.0 Å². The molecule has 0 atom stereocenters. The predicted octanol–water partition coefficient (Wildman–Crippen LogP) is 4.92. The molecule has 0 spiro atoms. The molecule has 9 heteroatoms. The van der Waals surface area contributed by atoms with Crippen LogP contribution in [0, 0.1) is 0 Å². The lowest BCUT2D eigenvalue weighted by atomic mass is 10.1. The first kappa shape index (κ1) is 19.4. The summed E-state index contributed by atoms with van der Waals surface area (Å²) in [5, 5.41) is 17.8. The molecule has 1 aromatic carbocycles. The predicted molar refractivity (Wildman–Crippen MR) is 117 cm³/mol. The van der Waals surface area contributed by atoms with Crippen molar-refractivity contribution in [2.75, 3.05) is 16.4 Å². The van der Waals surface area contributed by atoms with Gasteiger partial charge in [-0.25, -0.2) is 4.98 Å². The van der Waals surface area contributed by atoms with Crippen LogP contribution < -0.4 is 10.6 Å².